The van der Waals surface area contributed by atoms with Crippen molar-refractivity contribution in [1.29, 1.82) is 0 Å². The first-order valence-corrected chi connectivity index (χ1v) is 4.76. The molecule has 0 unspecified atom stereocenters. The molecule has 1 aliphatic carbocycles. The smallest absolute Gasteiger partial charge is 0.222 e. The van der Waals surface area contributed by atoms with Gasteiger partial charge in [0.05, 0.1) is 0 Å². The molecule has 0 aromatic heterocycles. The lowest BCUT2D eigenvalue weighted by Gasteiger charge is -2.40. The second kappa shape index (κ2) is 2.73. The monoisotopic (exact) mass is 168 g/mol. The van der Waals surface area contributed by atoms with Crippen LogP contribution in [0.5, 0.6) is 0 Å². The first-order chi connectivity index (χ1) is 5.70. The Bertz CT molecular complexity index is 199. The largest absolute Gasteiger partial charge is 0.341 e. The summed E-state index contributed by atoms with van der Waals surface area (Å²) in [5.74, 6) is 0.298. The molecule has 3 heteroatoms. The third-order valence-corrected chi connectivity index (χ3v) is 3.03. The zero-order valence-electron chi connectivity index (χ0n) is 7.38. The fourth-order valence-corrected chi connectivity index (χ4v) is 2.04. The molecular formula is C9H16N2O. The number of likely N-dealkylation sites (tertiary alicyclic amines) is 1. The number of amides is 1. The lowest BCUT2D eigenvalue weighted by Crippen LogP contribution is -2.55. The van der Waals surface area contributed by atoms with Crippen molar-refractivity contribution in [2.75, 3.05) is 13.1 Å². The van der Waals surface area contributed by atoms with Gasteiger partial charge in [0.1, 0.15) is 0 Å². The number of carbonyl (C=O) groups excluding carboxylic acids is 1. The van der Waals surface area contributed by atoms with E-state index in [0.717, 1.165) is 38.8 Å². The minimum atomic E-state index is -0.0278. The van der Waals surface area contributed by atoms with E-state index in [1.807, 2.05) is 4.90 Å². The van der Waals surface area contributed by atoms with Gasteiger partial charge in [0, 0.05) is 25.0 Å². The van der Waals surface area contributed by atoms with Gasteiger partial charge in [-0.25, -0.2) is 0 Å². The predicted octanol–water partition coefficient (Wildman–Crippen LogP) is 0.490. The Morgan fingerprint density at radius 3 is 2.58 bits per heavy atom. The average molecular weight is 168 g/mol. The number of nitrogens with two attached hydrogens (primary N) is 1. The van der Waals surface area contributed by atoms with Gasteiger partial charge < -0.3 is 10.6 Å². The lowest BCUT2D eigenvalue weighted by molar-refractivity contribution is -0.128. The molecule has 2 rings (SSSR count). The second-order valence-electron chi connectivity index (χ2n) is 4.13. The Morgan fingerprint density at radius 2 is 2.17 bits per heavy atom. The van der Waals surface area contributed by atoms with Crippen LogP contribution in [0.3, 0.4) is 0 Å². The third kappa shape index (κ3) is 1.33. The van der Waals surface area contributed by atoms with Crippen molar-refractivity contribution in [1.82, 2.24) is 4.90 Å². The van der Waals surface area contributed by atoms with Crippen molar-refractivity contribution in [2.45, 2.75) is 37.6 Å². The van der Waals surface area contributed by atoms with Gasteiger partial charge >= 0.3 is 0 Å². The highest BCUT2D eigenvalue weighted by molar-refractivity contribution is 5.78. The van der Waals surface area contributed by atoms with Crippen molar-refractivity contribution < 1.29 is 4.79 Å². The summed E-state index contributed by atoms with van der Waals surface area (Å²) in [4.78, 5) is 13.2. The van der Waals surface area contributed by atoms with E-state index in [2.05, 4.69) is 0 Å². The quantitative estimate of drug-likeness (QED) is 0.652. The molecule has 2 fully saturated rings. The topological polar surface area (TPSA) is 46.3 Å². The molecule has 0 atom stereocenters. The van der Waals surface area contributed by atoms with Crippen molar-refractivity contribution >= 4 is 5.91 Å². The number of carbonyl (C=O) groups is 1. The van der Waals surface area contributed by atoms with Crippen molar-refractivity contribution in [2.24, 2.45) is 5.73 Å². The highest BCUT2D eigenvalue weighted by Crippen LogP contribution is 2.30. The maximum atomic E-state index is 11.3. The van der Waals surface area contributed by atoms with Gasteiger partial charge in [-0.05, 0) is 25.7 Å². The van der Waals surface area contributed by atoms with E-state index in [1.165, 1.54) is 6.42 Å². The fraction of sp³-hybridized carbons (Fsp3) is 0.889. The first-order valence-electron chi connectivity index (χ1n) is 4.76. The predicted molar refractivity (Wildman–Crippen MR) is 46.6 cm³/mol. The van der Waals surface area contributed by atoms with Crippen molar-refractivity contribution in [3.63, 3.8) is 0 Å². The van der Waals surface area contributed by atoms with Gasteiger partial charge in [0.2, 0.25) is 5.91 Å². The van der Waals surface area contributed by atoms with E-state index in [4.69, 9.17) is 5.73 Å². The Balaban J connectivity index is 1.89. The van der Waals surface area contributed by atoms with Crippen LogP contribution in [0, 0.1) is 0 Å². The van der Waals surface area contributed by atoms with Crippen LogP contribution in [0.25, 0.3) is 0 Å². The van der Waals surface area contributed by atoms with Crippen LogP contribution in [0.4, 0.5) is 0 Å². The highest BCUT2D eigenvalue weighted by Gasteiger charge is 2.36. The van der Waals surface area contributed by atoms with Crippen molar-refractivity contribution in [3.05, 3.63) is 0 Å². The van der Waals surface area contributed by atoms with Crippen LogP contribution in [0.15, 0.2) is 0 Å². The summed E-state index contributed by atoms with van der Waals surface area (Å²) in [7, 11) is 0. The minimum Gasteiger partial charge on any atom is -0.341 e. The second-order valence-corrected chi connectivity index (χ2v) is 4.13. The van der Waals surface area contributed by atoms with Gasteiger partial charge in [-0.15, -0.1) is 0 Å². The summed E-state index contributed by atoms with van der Waals surface area (Å²) in [5.41, 5.74) is 6.02. The molecule has 68 valence electrons. The molecule has 0 bridgehead atoms. The van der Waals surface area contributed by atoms with Gasteiger partial charge in [0.15, 0.2) is 0 Å². The fourth-order valence-electron chi connectivity index (χ4n) is 2.04. The van der Waals surface area contributed by atoms with E-state index in [0.29, 0.717) is 5.91 Å². The van der Waals surface area contributed by atoms with Crippen LogP contribution in [-0.4, -0.2) is 29.4 Å². The Hall–Kier alpha value is -0.570. The molecule has 2 aliphatic rings. The van der Waals surface area contributed by atoms with Crippen LogP contribution < -0.4 is 5.73 Å². The molecule has 1 saturated heterocycles. The normalized spacial score (nSPS) is 27.4. The standard InChI is InChI=1S/C9H16N2O/c10-9(4-2-5-9)7-11-6-1-3-8(11)12/h1-7,10H2. The molecule has 0 radical (unpaired) electrons. The number of rotatable bonds is 2. The van der Waals surface area contributed by atoms with Crippen LogP contribution >= 0.6 is 0 Å². The molecule has 12 heavy (non-hydrogen) atoms. The molecular weight excluding hydrogens is 152 g/mol. The molecule has 2 N–H and O–H groups in total. The highest BCUT2D eigenvalue weighted by atomic mass is 16.2. The SMILES string of the molecule is NC1(CN2CCCC2=O)CCC1. The van der Waals surface area contributed by atoms with Gasteiger partial charge in [0.25, 0.3) is 0 Å². The summed E-state index contributed by atoms with van der Waals surface area (Å²) in [6, 6.07) is 0. The van der Waals surface area contributed by atoms with E-state index in [1.54, 1.807) is 0 Å². The van der Waals surface area contributed by atoms with Crippen LogP contribution in [-0.2, 0) is 4.79 Å². The molecule has 1 saturated carbocycles. The van der Waals surface area contributed by atoms with Gasteiger partial charge in [-0.2, -0.15) is 0 Å². The summed E-state index contributed by atoms with van der Waals surface area (Å²) in [5, 5.41) is 0. The van der Waals surface area contributed by atoms with Gasteiger partial charge in [-0.3, -0.25) is 4.79 Å². The van der Waals surface area contributed by atoms with E-state index < -0.39 is 0 Å². The zero-order chi connectivity index (χ0) is 8.60. The Labute approximate surface area is 72.9 Å². The molecule has 3 nitrogen and oxygen atoms in total. The molecule has 0 aromatic carbocycles. The minimum absolute atomic E-state index is 0.0278. The molecule has 1 amide bonds. The summed E-state index contributed by atoms with van der Waals surface area (Å²) < 4.78 is 0. The number of hydrogen-bond acceptors (Lipinski definition) is 2. The summed E-state index contributed by atoms with van der Waals surface area (Å²) in [6.07, 6.45) is 5.18. The molecule has 1 aliphatic heterocycles. The third-order valence-electron chi connectivity index (χ3n) is 3.03. The van der Waals surface area contributed by atoms with Crippen molar-refractivity contribution in [3.8, 4) is 0 Å². The lowest BCUT2D eigenvalue weighted by atomic mass is 9.77. The maximum absolute atomic E-state index is 11.3. The van der Waals surface area contributed by atoms with Crippen LogP contribution in [0.2, 0.25) is 0 Å². The number of hydrogen-bond donors (Lipinski definition) is 1. The zero-order valence-corrected chi connectivity index (χ0v) is 7.38. The summed E-state index contributed by atoms with van der Waals surface area (Å²) >= 11 is 0. The van der Waals surface area contributed by atoms with E-state index in [9.17, 15) is 4.79 Å². The van der Waals surface area contributed by atoms with E-state index in [-0.39, 0.29) is 5.54 Å². The molecule has 1 heterocycles. The molecule has 0 aromatic rings. The maximum Gasteiger partial charge on any atom is 0.222 e. The first kappa shape index (κ1) is 8.05. The number of nitrogens with zero attached hydrogens (tertiary/aromatic N) is 1. The van der Waals surface area contributed by atoms with Gasteiger partial charge in [-0.1, -0.05) is 0 Å². The Kier molecular flexibility index (Phi) is 1.83. The average Bonchev–Trinajstić information content (AvgIpc) is 2.34. The molecule has 0 spiro atoms. The van der Waals surface area contributed by atoms with Crippen LogP contribution in [0.1, 0.15) is 32.1 Å². The summed E-state index contributed by atoms with van der Waals surface area (Å²) in [6.45, 7) is 1.73. The van der Waals surface area contributed by atoms with E-state index >= 15 is 0 Å². The Morgan fingerprint density at radius 1 is 1.42 bits per heavy atom.